The molecule has 1 rings (SSSR count). The first-order chi connectivity index (χ1) is 11.2. The molecule has 24 heavy (non-hydrogen) atoms. The quantitative estimate of drug-likeness (QED) is 0.715. The fourth-order valence-electron chi connectivity index (χ4n) is 2.33. The number of rotatable bonds is 7. The van der Waals surface area contributed by atoms with Crippen molar-refractivity contribution in [3.05, 3.63) is 23.8 Å². The lowest BCUT2D eigenvalue weighted by Gasteiger charge is -2.26. The Balaban J connectivity index is 3.07. The van der Waals surface area contributed by atoms with Gasteiger partial charge in [-0.3, -0.25) is 4.79 Å². The van der Waals surface area contributed by atoms with Gasteiger partial charge >= 0.3 is 5.97 Å². The fraction of sp³-hybridized carbons (Fsp3) is 0.667. The van der Waals surface area contributed by atoms with Crippen LogP contribution in [-0.4, -0.2) is 45.4 Å². The third-order valence-electron chi connectivity index (χ3n) is 3.80. The van der Waals surface area contributed by atoms with Gasteiger partial charge < -0.3 is 9.64 Å². The van der Waals surface area contributed by atoms with Crippen molar-refractivity contribution in [3.8, 4) is 0 Å². The predicted molar refractivity (Wildman–Crippen MR) is 92.9 cm³/mol. The molecule has 0 atom stereocenters. The van der Waals surface area contributed by atoms with Crippen LogP contribution in [0.5, 0.6) is 0 Å². The number of esters is 1. The summed E-state index contributed by atoms with van der Waals surface area (Å²) in [5.74, 6) is -0.480. The average molecular weight is 335 g/mol. The number of aromatic nitrogens is 2. The van der Waals surface area contributed by atoms with Crippen molar-refractivity contribution in [1.29, 1.82) is 0 Å². The molecule has 0 aromatic carbocycles. The van der Waals surface area contributed by atoms with Crippen LogP contribution >= 0.6 is 0 Å². The Morgan fingerprint density at radius 3 is 2.08 bits per heavy atom. The van der Waals surface area contributed by atoms with Gasteiger partial charge in [-0.15, -0.1) is 0 Å². The Bertz CT molecular complexity index is 563. The van der Waals surface area contributed by atoms with Crippen molar-refractivity contribution in [2.45, 2.75) is 60.0 Å². The minimum atomic E-state index is -0.658. The van der Waals surface area contributed by atoms with Crippen molar-refractivity contribution in [3.63, 3.8) is 0 Å². The van der Waals surface area contributed by atoms with Gasteiger partial charge in [-0.05, 0) is 33.6 Å². The average Bonchev–Trinajstić information content (AvgIpc) is 2.54. The molecule has 0 saturated carbocycles. The zero-order valence-electron chi connectivity index (χ0n) is 15.6. The summed E-state index contributed by atoms with van der Waals surface area (Å²) in [5, 5.41) is 0. The minimum Gasteiger partial charge on any atom is -0.455 e. The molecule has 0 spiro atoms. The van der Waals surface area contributed by atoms with E-state index >= 15 is 0 Å². The van der Waals surface area contributed by atoms with Gasteiger partial charge in [0.15, 0.2) is 11.4 Å². The molecule has 0 unspecified atom stereocenters. The monoisotopic (exact) mass is 335 g/mol. The number of nitrogens with zero attached hydrogens (tertiary/aromatic N) is 3. The van der Waals surface area contributed by atoms with Crippen LogP contribution in [0.1, 0.15) is 75.4 Å². The van der Waals surface area contributed by atoms with Crippen LogP contribution in [0.15, 0.2) is 12.4 Å². The molecule has 1 aromatic heterocycles. The Labute approximate surface area is 144 Å². The molecule has 6 nitrogen and oxygen atoms in total. The molecule has 0 radical (unpaired) electrons. The Morgan fingerprint density at radius 1 is 1.08 bits per heavy atom. The van der Waals surface area contributed by atoms with Crippen molar-refractivity contribution in [1.82, 2.24) is 14.9 Å². The lowest BCUT2D eigenvalue weighted by atomic mass is 10.0. The van der Waals surface area contributed by atoms with Crippen LogP contribution in [0, 0.1) is 5.92 Å². The highest BCUT2D eigenvalue weighted by Gasteiger charge is 2.28. The second-order valence-corrected chi connectivity index (χ2v) is 6.78. The Morgan fingerprint density at radius 2 is 1.62 bits per heavy atom. The summed E-state index contributed by atoms with van der Waals surface area (Å²) in [4.78, 5) is 35.0. The Hall–Kier alpha value is -1.98. The number of carbonyl (C=O) groups excluding carboxylic acids is 2. The van der Waals surface area contributed by atoms with Crippen LogP contribution in [0.25, 0.3) is 0 Å². The van der Waals surface area contributed by atoms with E-state index in [2.05, 4.69) is 23.8 Å². The third kappa shape index (κ3) is 5.58. The molecular weight excluding hydrogens is 306 g/mol. The molecule has 0 fully saturated rings. The van der Waals surface area contributed by atoms with Gasteiger partial charge in [-0.1, -0.05) is 26.7 Å². The number of hydrogen-bond donors (Lipinski definition) is 0. The van der Waals surface area contributed by atoms with E-state index in [-0.39, 0.29) is 17.3 Å². The first-order valence-corrected chi connectivity index (χ1v) is 8.57. The fourth-order valence-corrected chi connectivity index (χ4v) is 2.33. The van der Waals surface area contributed by atoms with Crippen LogP contribution < -0.4 is 0 Å². The number of amides is 1. The lowest BCUT2D eigenvalue weighted by molar-refractivity contribution is 0.00589. The maximum absolute atomic E-state index is 12.8. The molecule has 0 aliphatic heterocycles. The highest BCUT2D eigenvalue weighted by molar-refractivity contribution is 6.02. The summed E-state index contributed by atoms with van der Waals surface area (Å²) in [6.07, 6.45) is 4.82. The summed E-state index contributed by atoms with van der Waals surface area (Å²) < 4.78 is 5.34. The molecule has 1 aromatic rings. The molecule has 0 aliphatic carbocycles. The van der Waals surface area contributed by atoms with Gasteiger partial charge in [0.2, 0.25) is 0 Å². The standard InChI is InChI=1S/C18H29N3O3/c1-7-13(8-2)12-21(9-3)16(22)14-15(20-11-10-19-14)17(23)24-18(4,5)6/h10-11,13H,7-9,12H2,1-6H3. The highest BCUT2D eigenvalue weighted by atomic mass is 16.6. The first kappa shape index (κ1) is 20.1. The van der Waals surface area contributed by atoms with Crippen LogP contribution in [0.4, 0.5) is 0 Å². The molecule has 0 bridgehead atoms. The van der Waals surface area contributed by atoms with Gasteiger partial charge in [0, 0.05) is 25.5 Å². The van der Waals surface area contributed by atoms with Crippen LogP contribution in [0.3, 0.4) is 0 Å². The van der Waals surface area contributed by atoms with Gasteiger partial charge in [-0.2, -0.15) is 0 Å². The van der Waals surface area contributed by atoms with E-state index in [1.807, 2.05) is 6.92 Å². The van der Waals surface area contributed by atoms with Gasteiger partial charge in [0.25, 0.3) is 5.91 Å². The third-order valence-corrected chi connectivity index (χ3v) is 3.80. The number of carbonyl (C=O) groups is 2. The van der Waals surface area contributed by atoms with Crippen molar-refractivity contribution < 1.29 is 14.3 Å². The molecule has 0 aliphatic rings. The topological polar surface area (TPSA) is 72.4 Å². The van der Waals surface area contributed by atoms with Crippen LogP contribution in [-0.2, 0) is 4.74 Å². The Kier molecular flexibility index (Phi) is 7.32. The number of ether oxygens (including phenoxy) is 1. The zero-order chi connectivity index (χ0) is 18.3. The highest BCUT2D eigenvalue weighted by Crippen LogP contribution is 2.16. The summed E-state index contributed by atoms with van der Waals surface area (Å²) in [6, 6.07) is 0. The molecule has 0 saturated heterocycles. The molecule has 6 heteroatoms. The summed E-state index contributed by atoms with van der Waals surface area (Å²) in [6.45, 7) is 12.7. The maximum atomic E-state index is 12.8. The summed E-state index contributed by atoms with van der Waals surface area (Å²) in [7, 11) is 0. The van der Waals surface area contributed by atoms with Gasteiger partial charge in [-0.25, -0.2) is 14.8 Å². The number of hydrogen-bond acceptors (Lipinski definition) is 5. The first-order valence-electron chi connectivity index (χ1n) is 8.57. The van der Waals surface area contributed by atoms with E-state index in [4.69, 9.17) is 4.74 Å². The van der Waals surface area contributed by atoms with E-state index in [0.29, 0.717) is 19.0 Å². The van der Waals surface area contributed by atoms with E-state index in [1.165, 1.54) is 12.4 Å². The van der Waals surface area contributed by atoms with Crippen LogP contribution in [0.2, 0.25) is 0 Å². The minimum absolute atomic E-state index is 0.0274. The van der Waals surface area contributed by atoms with Crippen molar-refractivity contribution in [2.24, 2.45) is 5.92 Å². The second-order valence-electron chi connectivity index (χ2n) is 6.78. The zero-order valence-corrected chi connectivity index (χ0v) is 15.6. The van der Waals surface area contributed by atoms with E-state index < -0.39 is 11.6 Å². The SMILES string of the molecule is CCC(CC)CN(CC)C(=O)c1nccnc1C(=O)OC(C)(C)C. The summed E-state index contributed by atoms with van der Waals surface area (Å²) in [5.41, 5.74) is -0.630. The normalized spacial score (nSPS) is 11.5. The molecule has 1 heterocycles. The molecule has 0 N–H and O–H groups in total. The smallest absolute Gasteiger partial charge is 0.359 e. The second kappa shape index (κ2) is 8.76. The lowest BCUT2D eigenvalue weighted by Crippen LogP contribution is -2.37. The largest absolute Gasteiger partial charge is 0.455 e. The maximum Gasteiger partial charge on any atom is 0.359 e. The van der Waals surface area contributed by atoms with E-state index in [9.17, 15) is 9.59 Å². The van der Waals surface area contributed by atoms with Gasteiger partial charge in [0.1, 0.15) is 5.60 Å². The van der Waals surface area contributed by atoms with Crippen molar-refractivity contribution in [2.75, 3.05) is 13.1 Å². The molecule has 134 valence electrons. The van der Waals surface area contributed by atoms with Crippen molar-refractivity contribution >= 4 is 11.9 Å². The van der Waals surface area contributed by atoms with E-state index in [1.54, 1.807) is 25.7 Å². The molecule has 1 amide bonds. The summed E-state index contributed by atoms with van der Waals surface area (Å²) >= 11 is 0. The van der Waals surface area contributed by atoms with Gasteiger partial charge in [0.05, 0.1) is 0 Å². The molecular formula is C18H29N3O3. The predicted octanol–water partition coefficient (Wildman–Crippen LogP) is 3.33. The van der Waals surface area contributed by atoms with E-state index in [0.717, 1.165) is 12.8 Å².